The van der Waals surface area contributed by atoms with Gasteiger partial charge in [-0.05, 0) is 20.8 Å². The molecule has 92 heavy (non-hydrogen) atoms. The molecule has 8 heterocycles. The van der Waals surface area contributed by atoms with Crippen molar-refractivity contribution in [3.8, 4) is 0 Å². The third-order valence-corrected chi connectivity index (χ3v) is 17.3. The second kappa shape index (κ2) is 32.0. The highest BCUT2D eigenvalue weighted by molar-refractivity contribution is 5.73. The summed E-state index contributed by atoms with van der Waals surface area (Å²) in [6.07, 6.45) is -73.9. The number of nitrogens with one attached hydrogen (secondary N) is 2. The maximum Gasteiger partial charge on any atom is 0.217 e. The van der Waals surface area contributed by atoms with E-state index < -0.39 is 290 Å². The van der Waals surface area contributed by atoms with Crippen molar-refractivity contribution in [3.63, 3.8) is 0 Å². The smallest absolute Gasteiger partial charge is 0.217 e. The molecule has 40 atom stereocenters. The van der Waals surface area contributed by atoms with E-state index in [9.17, 15) is 117 Å². The lowest BCUT2D eigenvalue weighted by Crippen LogP contribution is -2.72. The standard InChI is InChI=1S/C52H88N2O38/c1-11-23(60)29(66)34(71)47(80-11)79-10-20-41(42(21(45(77)83-20)53-14(4)58)90-49-36(73)30(67)24(61)12(2)81-49)88-46-22(54-15(5)59)43(91-50-37(74)31(68)25(62)13(3)82-50)40(18(8-57)86-46)89-52-39(76)44(92-51-38(75)33(70)27(64)17(7-56)85-51)28(65)19(87-52)9-78-48-35(72)32(69)26(63)16(6-55)84-48/h11-13,16-52,55-57,60-77H,6-10H2,1-5H3,(H,53,58)(H,54,59)/t11-,12-,13-,16+,17+,18+,19+,20+,21+,22+,23+,24+,25+,26+,27+,28+,29+,30+,31+,32-,33-,34-,35-,36-,37-,38-,39-,40+,41+,42+,43+,44-,45-,46-,47+,48-,49-,50-,51+,52-/m0/s1. The van der Waals surface area contributed by atoms with Gasteiger partial charge in [-0.1, -0.05) is 0 Å². The molecular formula is C52H88N2O38. The van der Waals surface area contributed by atoms with E-state index in [0.29, 0.717) is 0 Å². The van der Waals surface area contributed by atoms with Gasteiger partial charge < -0.3 is 189 Å². The summed E-state index contributed by atoms with van der Waals surface area (Å²) in [5, 5.41) is 234. The molecule has 0 saturated carbocycles. The van der Waals surface area contributed by atoms with Gasteiger partial charge in [0.05, 0.1) is 51.3 Å². The maximum absolute atomic E-state index is 13.6. The fraction of sp³-hybridized carbons (Fsp3) is 0.962. The van der Waals surface area contributed by atoms with E-state index in [-0.39, 0.29) is 0 Å². The van der Waals surface area contributed by atoms with Crippen molar-refractivity contribution in [1.29, 1.82) is 0 Å². The van der Waals surface area contributed by atoms with Gasteiger partial charge in [0.15, 0.2) is 50.3 Å². The quantitative estimate of drug-likeness (QED) is 0.0507. The van der Waals surface area contributed by atoms with Crippen LogP contribution in [0.15, 0.2) is 0 Å². The third-order valence-electron chi connectivity index (χ3n) is 17.3. The summed E-state index contributed by atoms with van der Waals surface area (Å²) < 4.78 is 89.7. The molecule has 0 bridgehead atoms. The first-order chi connectivity index (χ1) is 43.3. The third kappa shape index (κ3) is 16.1. The molecule has 8 fully saturated rings. The van der Waals surface area contributed by atoms with Crippen LogP contribution in [0.5, 0.6) is 0 Å². The van der Waals surface area contributed by atoms with Gasteiger partial charge in [-0.3, -0.25) is 9.59 Å². The number of hydrogen-bond donors (Lipinski definition) is 23. The van der Waals surface area contributed by atoms with Gasteiger partial charge in [0.2, 0.25) is 11.8 Å². The highest BCUT2D eigenvalue weighted by Crippen LogP contribution is 2.39. The van der Waals surface area contributed by atoms with Gasteiger partial charge in [-0.2, -0.15) is 0 Å². The van der Waals surface area contributed by atoms with Crippen LogP contribution < -0.4 is 10.6 Å². The van der Waals surface area contributed by atoms with Crippen molar-refractivity contribution in [2.24, 2.45) is 0 Å². The predicted octanol–water partition coefficient (Wildman–Crippen LogP) is -15.1. The number of aliphatic hydroxyl groups excluding tert-OH is 21. The molecule has 8 rings (SSSR count). The monoisotopic (exact) mass is 1350 g/mol. The summed E-state index contributed by atoms with van der Waals surface area (Å²) in [5.41, 5.74) is 0. The van der Waals surface area contributed by atoms with Crippen LogP contribution in [0.4, 0.5) is 0 Å². The molecule has 0 radical (unpaired) electrons. The molecule has 534 valence electrons. The SMILES string of the molecule is CC(=O)N[C@@H]1[C@@H](O[C@@H]2O[C@@H](C)[C@@H](O)[C@@H](O)[C@@H]2O)[C@H](O[C@@H]2O[C@H](CO)[C@@H](O[C@@H]3O[C@H](CO[C@H]4O[C@H](CO)[C@@H](O)[C@H](O)[C@@H]4O)[C@@H](O)[C@H](O[C@H]4O[C@H](CO)[C@@H](O)[C@H](O)[C@@H]4O)[C@@H]3O)[C@H](O[C@@H]3O[C@@H](C)[C@@H](O)[C@@H](O)[C@@H]3O)[C@H]2NC(C)=O)[C@@H](CO[C@@H]2O[C@@H](C)[C@@H](O)[C@@H](O)[C@@H]2O)O[C@@H]1O. The average Bonchev–Trinajstić information content (AvgIpc) is 0.870. The first-order valence-electron chi connectivity index (χ1n) is 29.7. The molecule has 40 heteroatoms. The Morgan fingerprint density at radius 1 is 0.304 bits per heavy atom. The number of aliphatic hydroxyl groups is 21. The fourth-order valence-electron chi connectivity index (χ4n) is 11.9. The van der Waals surface area contributed by atoms with Crippen molar-refractivity contribution in [2.75, 3.05) is 33.0 Å². The summed E-state index contributed by atoms with van der Waals surface area (Å²) >= 11 is 0. The van der Waals surface area contributed by atoms with Crippen molar-refractivity contribution in [3.05, 3.63) is 0 Å². The second-order valence-electron chi connectivity index (χ2n) is 23.9. The number of carbonyl (C=O) groups excluding carboxylic acids is 2. The molecule has 23 N–H and O–H groups in total. The topological polar surface area (TPSA) is 621 Å². The van der Waals surface area contributed by atoms with Gasteiger partial charge in [0.25, 0.3) is 0 Å². The Bertz CT molecular complexity index is 2330. The lowest BCUT2D eigenvalue weighted by atomic mass is 9.93. The molecule has 8 aliphatic heterocycles. The normalized spacial score (nSPS) is 52.1. The Morgan fingerprint density at radius 3 is 1.09 bits per heavy atom. The van der Waals surface area contributed by atoms with Crippen molar-refractivity contribution < 1.29 is 188 Å². The van der Waals surface area contributed by atoms with E-state index >= 15 is 0 Å². The number of ether oxygens (including phenoxy) is 15. The van der Waals surface area contributed by atoms with E-state index in [2.05, 4.69) is 10.6 Å². The Kier molecular flexibility index (Phi) is 26.2. The van der Waals surface area contributed by atoms with Crippen LogP contribution in [0, 0.1) is 0 Å². The highest BCUT2D eigenvalue weighted by atomic mass is 16.8. The largest absolute Gasteiger partial charge is 0.394 e. The highest BCUT2D eigenvalue weighted by Gasteiger charge is 2.60. The molecule has 2 amide bonds. The van der Waals surface area contributed by atoms with E-state index in [4.69, 9.17) is 71.1 Å². The van der Waals surface area contributed by atoms with Crippen LogP contribution in [-0.4, -0.2) is 398 Å². The molecule has 0 unspecified atom stereocenters. The fourth-order valence-corrected chi connectivity index (χ4v) is 11.9. The van der Waals surface area contributed by atoms with Crippen molar-refractivity contribution in [1.82, 2.24) is 10.6 Å². The zero-order valence-corrected chi connectivity index (χ0v) is 50.0. The van der Waals surface area contributed by atoms with Gasteiger partial charge in [0.1, 0.15) is 177 Å². The van der Waals surface area contributed by atoms with Crippen LogP contribution in [0.2, 0.25) is 0 Å². The first kappa shape index (κ1) is 75.3. The number of rotatable bonds is 21. The van der Waals surface area contributed by atoms with Gasteiger partial charge in [-0.15, -0.1) is 0 Å². The van der Waals surface area contributed by atoms with E-state index in [1.165, 1.54) is 20.8 Å². The first-order valence-corrected chi connectivity index (χ1v) is 29.7. The zero-order chi connectivity index (χ0) is 67.8. The Hall–Kier alpha value is -2.50. The van der Waals surface area contributed by atoms with E-state index in [1.807, 2.05) is 0 Å². The van der Waals surface area contributed by atoms with Crippen molar-refractivity contribution >= 4 is 11.8 Å². The molecule has 0 aromatic rings. The van der Waals surface area contributed by atoms with Gasteiger partial charge in [0, 0.05) is 13.8 Å². The Balaban J connectivity index is 1.20. The van der Waals surface area contributed by atoms with E-state index in [0.717, 1.165) is 13.8 Å². The number of carbonyl (C=O) groups is 2. The van der Waals surface area contributed by atoms with Crippen LogP contribution in [0.25, 0.3) is 0 Å². The molecule has 0 aromatic carbocycles. The minimum absolute atomic E-state index is 0.872. The molecule has 0 aromatic heterocycles. The Labute approximate surface area is 522 Å². The zero-order valence-electron chi connectivity index (χ0n) is 50.0. The number of amides is 2. The summed E-state index contributed by atoms with van der Waals surface area (Å²) in [6.45, 7) is 0.783. The summed E-state index contributed by atoms with van der Waals surface area (Å²) in [5.74, 6) is -1.85. The predicted molar refractivity (Wildman–Crippen MR) is 283 cm³/mol. The second-order valence-corrected chi connectivity index (χ2v) is 23.9. The van der Waals surface area contributed by atoms with E-state index in [1.54, 1.807) is 0 Å². The molecule has 0 spiro atoms. The van der Waals surface area contributed by atoms with Crippen LogP contribution in [-0.2, 0) is 80.6 Å². The van der Waals surface area contributed by atoms with Crippen LogP contribution >= 0.6 is 0 Å². The Morgan fingerprint density at radius 2 is 0.620 bits per heavy atom. The van der Waals surface area contributed by atoms with Gasteiger partial charge in [-0.25, -0.2) is 0 Å². The average molecular weight is 1350 g/mol. The minimum Gasteiger partial charge on any atom is -0.394 e. The lowest BCUT2D eigenvalue weighted by Gasteiger charge is -2.52. The van der Waals surface area contributed by atoms with Crippen LogP contribution in [0.3, 0.4) is 0 Å². The molecule has 40 nitrogen and oxygen atoms in total. The molecular weight excluding hydrogens is 1260 g/mol. The molecule has 0 aliphatic carbocycles. The van der Waals surface area contributed by atoms with Crippen LogP contribution in [0.1, 0.15) is 34.6 Å². The minimum atomic E-state index is -2.41. The number of hydrogen-bond acceptors (Lipinski definition) is 38. The molecule has 8 aliphatic rings. The van der Waals surface area contributed by atoms with Gasteiger partial charge >= 0.3 is 0 Å². The summed E-state index contributed by atoms with van der Waals surface area (Å²) in [7, 11) is 0. The summed E-state index contributed by atoms with van der Waals surface area (Å²) in [6, 6.07) is -3.84. The summed E-state index contributed by atoms with van der Waals surface area (Å²) in [4.78, 5) is 26.6. The lowest BCUT2D eigenvalue weighted by molar-refractivity contribution is -0.398. The molecule has 8 saturated heterocycles. The maximum atomic E-state index is 13.6. The van der Waals surface area contributed by atoms with Crippen molar-refractivity contribution in [2.45, 2.75) is 280 Å².